The molecule has 0 saturated heterocycles. The number of anilines is 1. The van der Waals surface area contributed by atoms with Crippen LogP contribution in [0.25, 0.3) is 11.3 Å². The smallest absolute Gasteiger partial charge is 0.274 e. The first-order valence-corrected chi connectivity index (χ1v) is 9.39. The number of nitrogens with one attached hydrogen (secondary N) is 1. The van der Waals surface area contributed by atoms with Crippen LogP contribution in [0.1, 0.15) is 37.5 Å². The molecule has 0 amide bonds. The second kappa shape index (κ2) is 7.89. The summed E-state index contributed by atoms with van der Waals surface area (Å²) in [4.78, 5) is 19.3. The van der Waals surface area contributed by atoms with Crippen LogP contribution in [0.3, 0.4) is 0 Å². The molecule has 0 aliphatic carbocycles. The van der Waals surface area contributed by atoms with Crippen molar-refractivity contribution in [3.63, 3.8) is 0 Å². The second-order valence-electron chi connectivity index (χ2n) is 7.97. The molecular formula is C23H27N3O2. The summed E-state index contributed by atoms with van der Waals surface area (Å²) in [6, 6.07) is 11.9. The van der Waals surface area contributed by atoms with Gasteiger partial charge in [-0.1, -0.05) is 32.9 Å². The quantitative estimate of drug-likeness (QED) is 0.656. The van der Waals surface area contributed by atoms with Crippen molar-refractivity contribution in [3.05, 3.63) is 75.8 Å². The third-order valence-corrected chi connectivity index (χ3v) is 4.82. The molecule has 5 nitrogen and oxygen atoms in total. The second-order valence-corrected chi connectivity index (χ2v) is 7.97. The summed E-state index contributed by atoms with van der Waals surface area (Å²) in [6.07, 6.45) is 4.78. The molecule has 1 heterocycles. The van der Waals surface area contributed by atoms with Gasteiger partial charge < -0.3 is 15.5 Å². The highest BCUT2D eigenvalue weighted by Crippen LogP contribution is 2.37. The number of nitrogens with two attached hydrogens (primary N) is 1. The van der Waals surface area contributed by atoms with Gasteiger partial charge in [-0.15, -0.1) is 0 Å². The van der Waals surface area contributed by atoms with E-state index in [1.807, 2.05) is 36.4 Å². The van der Waals surface area contributed by atoms with Crippen LogP contribution in [0.4, 0.5) is 5.69 Å². The summed E-state index contributed by atoms with van der Waals surface area (Å²) >= 11 is 0. The van der Waals surface area contributed by atoms with E-state index < -0.39 is 0 Å². The van der Waals surface area contributed by atoms with Crippen LogP contribution >= 0.6 is 0 Å². The van der Waals surface area contributed by atoms with Crippen LogP contribution < -0.4 is 16.0 Å². The van der Waals surface area contributed by atoms with Crippen LogP contribution in [-0.2, 0) is 18.3 Å². The molecule has 0 radical (unpaired) electrons. The number of aryl methyl sites for hydroxylation is 2. The fraction of sp³-hybridized carbons (Fsp3) is 0.304. The number of nitrogens with zero attached hydrogens (tertiary/aromatic N) is 1. The maximum absolute atomic E-state index is 12.3. The number of hydrogen-bond acceptors (Lipinski definition) is 4. The van der Waals surface area contributed by atoms with Crippen molar-refractivity contribution in [2.24, 2.45) is 0 Å². The Morgan fingerprint density at radius 1 is 1.11 bits per heavy atom. The SMILES string of the molecule is COc1c(CCc2ccc(N)cc2)cc(-c2ncc[nH]c2=O)cc1C(C)(C)C. The van der Waals surface area contributed by atoms with E-state index in [0.29, 0.717) is 5.69 Å². The molecule has 3 aromatic rings. The maximum atomic E-state index is 12.3. The van der Waals surface area contributed by atoms with Crippen molar-refractivity contribution < 1.29 is 4.74 Å². The van der Waals surface area contributed by atoms with Crippen LogP contribution in [0.5, 0.6) is 5.75 Å². The Hall–Kier alpha value is -3.08. The third kappa shape index (κ3) is 4.25. The van der Waals surface area contributed by atoms with Crippen LogP contribution in [0.15, 0.2) is 53.6 Å². The highest BCUT2D eigenvalue weighted by Gasteiger charge is 2.23. The third-order valence-electron chi connectivity index (χ3n) is 4.82. The van der Waals surface area contributed by atoms with Crippen LogP contribution in [-0.4, -0.2) is 17.1 Å². The van der Waals surface area contributed by atoms with E-state index in [1.54, 1.807) is 19.5 Å². The van der Waals surface area contributed by atoms with Gasteiger partial charge in [0.25, 0.3) is 5.56 Å². The summed E-state index contributed by atoms with van der Waals surface area (Å²) in [7, 11) is 1.70. The lowest BCUT2D eigenvalue weighted by Crippen LogP contribution is -2.16. The lowest BCUT2D eigenvalue weighted by Gasteiger charge is -2.25. The first-order chi connectivity index (χ1) is 13.3. The predicted molar refractivity (Wildman–Crippen MR) is 114 cm³/mol. The summed E-state index contributed by atoms with van der Waals surface area (Å²) in [5, 5.41) is 0. The molecule has 1 aromatic heterocycles. The molecule has 3 N–H and O–H groups in total. The van der Waals surface area contributed by atoms with E-state index in [9.17, 15) is 4.79 Å². The molecule has 0 unspecified atom stereocenters. The van der Waals surface area contributed by atoms with Gasteiger partial charge in [0.2, 0.25) is 0 Å². The average molecular weight is 377 g/mol. The fourth-order valence-corrected chi connectivity index (χ4v) is 3.33. The largest absolute Gasteiger partial charge is 0.496 e. The van der Waals surface area contributed by atoms with E-state index in [-0.39, 0.29) is 11.0 Å². The molecule has 0 aliphatic heterocycles. The normalized spacial score (nSPS) is 11.4. The Morgan fingerprint density at radius 2 is 1.82 bits per heavy atom. The minimum atomic E-state index is -0.197. The highest BCUT2D eigenvalue weighted by molar-refractivity contribution is 5.65. The number of H-pyrrole nitrogens is 1. The van der Waals surface area contributed by atoms with E-state index in [2.05, 4.69) is 30.7 Å². The molecule has 0 atom stereocenters. The molecule has 0 saturated carbocycles. The molecular weight excluding hydrogens is 350 g/mol. The summed E-state index contributed by atoms with van der Waals surface area (Å²) < 4.78 is 5.81. The van der Waals surface area contributed by atoms with Gasteiger partial charge in [-0.3, -0.25) is 4.79 Å². The Balaban J connectivity index is 2.08. The molecule has 0 bridgehead atoms. The highest BCUT2D eigenvalue weighted by atomic mass is 16.5. The number of nitrogen functional groups attached to an aromatic ring is 1. The molecule has 0 spiro atoms. The minimum Gasteiger partial charge on any atom is -0.496 e. The van der Waals surface area contributed by atoms with Crippen molar-refractivity contribution in [1.82, 2.24) is 9.97 Å². The molecule has 0 aliphatic rings. The summed E-state index contributed by atoms with van der Waals surface area (Å²) in [5.41, 5.74) is 10.8. The number of rotatable bonds is 5. The fourth-order valence-electron chi connectivity index (χ4n) is 3.33. The van der Waals surface area contributed by atoms with Gasteiger partial charge in [0.05, 0.1) is 7.11 Å². The first-order valence-electron chi connectivity index (χ1n) is 9.39. The summed E-state index contributed by atoms with van der Waals surface area (Å²) in [5.74, 6) is 0.874. The van der Waals surface area contributed by atoms with Crippen molar-refractivity contribution >= 4 is 5.69 Å². The Labute approximate surface area is 165 Å². The standard InChI is InChI=1S/C23H27N3O2/c1-23(2,3)19-14-17(20-22(27)26-12-11-25-20)13-16(21(19)28-4)8-5-15-6-9-18(24)10-7-15/h6-7,9-14H,5,8,24H2,1-4H3,(H,26,27). The molecule has 2 aromatic carbocycles. The Kier molecular flexibility index (Phi) is 5.54. The number of aromatic amines is 1. The Morgan fingerprint density at radius 3 is 2.43 bits per heavy atom. The summed E-state index contributed by atoms with van der Waals surface area (Å²) in [6.45, 7) is 6.42. The van der Waals surface area contributed by atoms with Crippen molar-refractivity contribution in [1.29, 1.82) is 0 Å². The minimum absolute atomic E-state index is 0.140. The van der Waals surface area contributed by atoms with E-state index in [4.69, 9.17) is 10.5 Å². The van der Waals surface area contributed by atoms with Gasteiger partial charge in [-0.2, -0.15) is 0 Å². The first kappa shape index (κ1) is 19.7. The van der Waals surface area contributed by atoms with Gasteiger partial charge in [0.1, 0.15) is 11.4 Å². The van der Waals surface area contributed by atoms with E-state index in [0.717, 1.165) is 41.0 Å². The van der Waals surface area contributed by atoms with Gasteiger partial charge in [0, 0.05) is 29.2 Å². The number of methoxy groups -OCH3 is 1. The van der Waals surface area contributed by atoms with Gasteiger partial charge in [-0.25, -0.2) is 4.98 Å². The number of ether oxygens (including phenoxy) is 1. The number of aromatic nitrogens is 2. The van der Waals surface area contributed by atoms with Crippen LogP contribution in [0, 0.1) is 0 Å². The zero-order valence-corrected chi connectivity index (χ0v) is 16.9. The molecule has 28 heavy (non-hydrogen) atoms. The molecule has 5 heteroatoms. The van der Waals surface area contributed by atoms with Crippen molar-refractivity contribution in [2.75, 3.05) is 12.8 Å². The predicted octanol–water partition coefficient (Wildman–Crippen LogP) is 4.11. The van der Waals surface area contributed by atoms with Crippen molar-refractivity contribution in [2.45, 2.75) is 39.0 Å². The maximum Gasteiger partial charge on any atom is 0.274 e. The van der Waals surface area contributed by atoms with Crippen LogP contribution in [0.2, 0.25) is 0 Å². The van der Waals surface area contributed by atoms with E-state index >= 15 is 0 Å². The number of hydrogen-bond donors (Lipinski definition) is 2. The average Bonchev–Trinajstić information content (AvgIpc) is 2.66. The number of benzene rings is 2. The van der Waals surface area contributed by atoms with Crippen molar-refractivity contribution in [3.8, 4) is 17.0 Å². The lowest BCUT2D eigenvalue weighted by atomic mass is 9.83. The zero-order chi connectivity index (χ0) is 20.3. The zero-order valence-electron chi connectivity index (χ0n) is 16.9. The molecule has 0 fully saturated rings. The topological polar surface area (TPSA) is 81.0 Å². The van der Waals surface area contributed by atoms with Gasteiger partial charge >= 0.3 is 0 Å². The van der Waals surface area contributed by atoms with Gasteiger partial charge in [0.15, 0.2) is 0 Å². The monoisotopic (exact) mass is 377 g/mol. The van der Waals surface area contributed by atoms with E-state index in [1.165, 1.54) is 5.56 Å². The lowest BCUT2D eigenvalue weighted by molar-refractivity contribution is 0.392. The Bertz CT molecular complexity index is 1020. The molecule has 146 valence electrons. The van der Waals surface area contributed by atoms with Gasteiger partial charge in [-0.05, 0) is 53.6 Å². The molecule has 3 rings (SSSR count).